The Balaban J connectivity index is 1.77. The predicted molar refractivity (Wildman–Crippen MR) is 87.2 cm³/mol. The molecule has 1 aromatic rings. The number of nitrogens with one attached hydrogen (secondary N) is 2. The van der Waals surface area contributed by atoms with Crippen molar-refractivity contribution in [1.29, 1.82) is 5.26 Å². The molecule has 0 bridgehead atoms. The first kappa shape index (κ1) is 17.5. The Morgan fingerprint density at radius 2 is 2.29 bits per heavy atom. The highest BCUT2D eigenvalue weighted by molar-refractivity contribution is 5.97. The number of hydrogen-bond donors (Lipinski definition) is 2. The highest BCUT2D eigenvalue weighted by Gasteiger charge is 2.19. The van der Waals surface area contributed by atoms with Crippen LogP contribution in [0.15, 0.2) is 36.0 Å². The lowest BCUT2D eigenvalue weighted by Crippen LogP contribution is -2.31. The van der Waals surface area contributed by atoms with Crippen LogP contribution in [0, 0.1) is 17.1 Å². The monoisotopic (exact) mass is 330 g/mol. The SMILES string of the molecule is N#C/C(=C/Nc1cccc(F)c1)C(=O)NCCCN1CCCC1=O. The zero-order valence-corrected chi connectivity index (χ0v) is 13.2. The van der Waals surface area contributed by atoms with E-state index in [4.69, 9.17) is 5.26 Å². The van der Waals surface area contributed by atoms with Crippen LogP contribution >= 0.6 is 0 Å². The molecule has 0 unspecified atom stereocenters. The molecule has 0 spiro atoms. The zero-order chi connectivity index (χ0) is 17.4. The van der Waals surface area contributed by atoms with Crippen molar-refractivity contribution in [2.75, 3.05) is 25.0 Å². The van der Waals surface area contributed by atoms with E-state index in [2.05, 4.69) is 10.6 Å². The standard InChI is InChI=1S/C17H19FN4O2/c18-14-4-1-5-15(10-14)21-12-13(11-19)17(24)20-7-3-9-22-8-2-6-16(22)23/h1,4-5,10,12,21H,2-3,6-9H2,(H,20,24)/b13-12-. The maximum atomic E-state index is 13.1. The van der Waals surface area contributed by atoms with Crippen molar-refractivity contribution in [3.05, 3.63) is 41.9 Å². The number of nitriles is 1. The van der Waals surface area contributed by atoms with Crippen LogP contribution in [0.4, 0.5) is 10.1 Å². The van der Waals surface area contributed by atoms with Crippen LogP contribution < -0.4 is 10.6 Å². The molecule has 0 saturated carbocycles. The summed E-state index contributed by atoms with van der Waals surface area (Å²) in [6, 6.07) is 7.52. The Kier molecular flexibility index (Phi) is 6.32. The van der Waals surface area contributed by atoms with Gasteiger partial charge in [0.2, 0.25) is 5.91 Å². The molecule has 0 aliphatic carbocycles. The summed E-state index contributed by atoms with van der Waals surface area (Å²) in [5, 5.41) is 14.4. The number of amides is 2. The first-order chi connectivity index (χ1) is 11.6. The molecule has 1 aliphatic heterocycles. The summed E-state index contributed by atoms with van der Waals surface area (Å²) >= 11 is 0. The van der Waals surface area contributed by atoms with Crippen LogP contribution in [0.2, 0.25) is 0 Å². The van der Waals surface area contributed by atoms with Crippen molar-refractivity contribution in [2.45, 2.75) is 19.3 Å². The lowest BCUT2D eigenvalue weighted by molar-refractivity contribution is -0.127. The van der Waals surface area contributed by atoms with E-state index in [1.54, 1.807) is 17.0 Å². The van der Waals surface area contributed by atoms with Crippen molar-refractivity contribution in [3.8, 4) is 6.07 Å². The number of benzene rings is 1. The molecule has 0 aromatic heterocycles. The third kappa shape index (κ3) is 5.09. The molecule has 0 atom stereocenters. The molecule has 6 nitrogen and oxygen atoms in total. The summed E-state index contributed by atoms with van der Waals surface area (Å²) in [4.78, 5) is 25.2. The van der Waals surface area contributed by atoms with Gasteiger partial charge in [-0.1, -0.05) is 6.07 Å². The van der Waals surface area contributed by atoms with Crippen LogP contribution in [-0.4, -0.2) is 36.3 Å². The number of nitrogens with zero attached hydrogens (tertiary/aromatic N) is 2. The Labute approximate surface area is 139 Å². The van der Waals surface area contributed by atoms with Gasteiger partial charge < -0.3 is 15.5 Å². The van der Waals surface area contributed by atoms with Gasteiger partial charge in [-0.3, -0.25) is 9.59 Å². The summed E-state index contributed by atoms with van der Waals surface area (Å²) in [7, 11) is 0. The van der Waals surface area contributed by atoms with E-state index in [1.807, 2.05) is 0 Å². The largest absolute Gasteiger partial charge is 0.360 e. The molecule has 126 valence electrons. The van der Waals surface area contributed by atoms with E-state index in [1.165, 1.54) is 24.4 Å². The molecule has 1 heterocycles. The van der Waals surface area contributed by atoms with Crippen LogP contribution in [0.25, 0.3) is 0 Å². The quantitative estimate of drug-likeness (QED) is 0.453. The minimum atomic E-state index is -0.505. The molecule has 24 heavy (non-hydrogen) atoms. The van der Waals surface area contributed by atoms with E-state index in [0.29, 0.717) is 31.6 Å². The molecule has 1 saturated heterocycles. The van der Waals surface area contributed by atoms with Crippen molar-refractivity contribution in [2.24, 2.45) is 0 Å². The number of carbonyl (C=O) groups is 2. The Bertz CT molecular complexity index is 681. The van der Waals surface area contributed by atoms with E-state index in [0.717, 1.165) is 13.0 Å². The normalized spacial score (nSPS) is 14.4. The fourth-order valence-electron chi connectivity index (χ4n) is 2.39. The Morgan fingerprint density at radius 1 is 1.46 bits per heavy atom. The van der Waals surface area contributed by atoms with Gasteiger partial charge in [0.25, 0.3) is 5.91 Å². The van der Waals surface area contributed by atoms with Crippen LogP contribution in [0.3, 0.4) is 0 Å². The van der Waals surface area contributed by atoms with Gasteiger partial charge in [-0.2, -0.15) is 5.26 Å². The van der Waals surface area contributed by atoms with Gasteiger partial charge >= 0.3 is 0 Å². The van der Waals surface area contributed by atoms with Gasteiger partial charge in [0.15, 0.2) is 0 Å². The van der Waals surface area contributed by atoms with Crippen LogP contribution in [-0.2, 0) is 9.59 Å². The van der Waals surface area contributed by atoms with Gasteiger partial charge in [-0.15, -0.1) is 0 Å². The Hall–Kier alpha value is -2.88. The molecule has 2 N–H and O–H groups in total. The summed E-state index contributed by atoms with van der Waals surface area (Å²) in [5.41, 5.74) is 0.347. The minimum absolute atomic E-state index is 0.100. The third-order valence-electron chi connectivity index (χ3n) is 3.63. The van der Waals surface area contributed by atoms with Gasteiger partial charge in [0.05, 0.1) is 0 Å². The predicted octanol–water partition coefficient (Wildman–Crippen LogP) is 1.77. The fraction of sp³-hybridized carbons (Fsp3) is 0.353. The maximum Gasteiger partial charge on any atom is 0.263 e. The second-order valence-electron chi connectivity index (χ2n) is 5.42. The number of hydrogen-bond acceptors (Lipinski definition) is 4. The van der Waals surface area contributed by atoms with Gasteiger partial charge in [0.1, 0.15) is 17.5 Å². The summed E-state index contributed by atoms with van der Waals surface area (Å²) in [6.45, 7) is 1.75. The van der Waals surface area contributed by atoms with E-state index in [-0.39, 0.29) is 11.5 Å². The second kappa shape index (κ2) is 8.67. The first-order valence-corrected chi connectivity index (χ1v) is 7.78. The summed E-state index contributed by atoms with van der Waals surface area (Å²) < 4.78 is 13.1. The average molecular weight is 330 g/mol. The minimum Gasteiger partial charge on any atom is -0.360 e. The molecule has 0 radical (unpaired) electrons. The Morgan fingerprint density at radius 3 is 2.96 bits per heavy atom. The van der Waals surface area contributed by atoms with Crippen molar-refractivity contribution < 1.29 is 14.0 Å². The van der Waals surface area contributed by atoms with Gasteiger partial charge in [-0.25, -0.2) is 4.39 Å². The first-order valence-electron chi connectivity index (χ1n) is 7.78. The topological polar surface area (TPSA) is 85.2 Å². The molecule has 1 aliphatic rings. The highest BCUT2D eigenvalue weighted by atomic mass is 19.1. The molecular formula is C17H19FN4O2. The second-order valence-corrected chi connectivity index (χ2v) is 5.42. The van der Waals surface area contributed by atoms with Crippen LogP contribution in [0.1, 0.15) is 19.3 Å². The van der Waals surface area contributed by atoms with E-state index in [9.17, 15) is 14.0 Å². The van der Waals surface area contributed by atoms with Crippen molar-refractivity contribution in [3.63, 3.8) is 0 Å². The molecule has 2 rings (SSSR count). The molecule has 7 heteroatoms. The summed E-state index contributed by atoms with van der Waals surface area (Å²) in [6.07, 6.45) is 3.36. The fourth-order valence-corrected chi connectivity index (χ4v) is 2.39. The van der Waals surface area contributed by atoms with Gasteiger partial charge in [0, 0.05) is 37.9 Å². The number of anilines is 1. The van der Waals surface area contributed by atoms with Crippen molar-refractivity contribution in [1.82, 2.24) is 10.2 Å². The lowest BCUT2D eigenvalue weighted by Gasteiger charge is -2.15. The van der Waals surface area contributed by atoms with E-state index < -0.39 is 11.7 Å². The van der Waals surface area contributed by atoms with Crippen molar-refractivity contribution >= 4 is 17.5 Å². The third-order valence-corrected chi connectivity index (χ3v) is 3.63. The number of halogens is 1. The average Bonchev–Trinajstić information content (AvgIpc) is 2.97. The molecular weight excluding hydrogens is 311 g/mol. The van der Waals surface area contributed by atoms with E-state index >= 15 is 0 Å². The molecule has 2 amide bonds. The maximum absolute atomic E-state index is 13.1. The lowest BCUT2D eigenvalue weighted by atomic mass is 10.2. The zero-order valence-electron chi connectivity index (χ0n) is 13.2. The number of likely N-dealkylation sites (tertiary alicyclic amines) is 1. The smallest absolute Gasteiger partial charge is 0.263 e. The highest BCUT2D eigenvalue weighted by Crippen LogP contribution is 2.10. The van der Waals surface area contributed by atoms with Gasteiger partial charge in [-0.05, 0) is 31.0 Å². The molecule has 1 fully saturated rings. The van der Waals surface area contributed by atoms with Crippen LogP contribution in [0.5, 0.6) is 0 Å². The summed E-state index contributed by atoms with van der Waals surface area (Å²) in [5.74, 6) is -0.764. The molecule has 1 aromatic carbocycles. The number of rotatable bonds is 7. The number of carbonyl (C=O) groups excluding carboxylic acids is 2.